The van der Waals surface area contributed by atoms with E-state index in [2.05, 4.69) is 38.9 Å². The van der Waals surface area contributed by atoms with Crippen molar-refractivity contribution in [2.24, 2.45) is 0 Å². The Labute approximate surface area is 261 Å². The predicted octanol–water partition coefficient (Wildman–Crippen LogP) is 7.59. The van der Waals surface area contributed by atoms with Crippen molar-refractivity contribution in [2.45, 2.75) is 26.4 Å². The quantitative estimate of drug-likeness (QED) is 0.149. The first-order chi connectivity index (χ1) is 21.5. The molecule has 1 heterocycles. The Morgan fingerprint density at radius 2 is 1.59 bits per heavy atom. The first-order valence-corrected chi connectivity index (χ1v) is 15.8. The first-order valence-electron chi connectivity index (χ1n) is 14.3. The fourth-order valence-corrected chi connectivity index (χ4v) is 5.43. The van der Waals surface area contributed by atoms with Gasteiger partial charge in [0.2, 0.25) is 0 Å². The minimum Gasteiger partial charge on any atom is -0.493 e. The van der Waals surface area contributed by atoms with Gasteiger partial charge in [-0.05, 0) is 83.8 Å². The molecule has 7 nitrogen and oxygen atoms in total. The largest absolute Gasteiger partial charge is 0.493 e. The van der Waals surface area contributed by atoms with Crippen LogP contribution in [0.2, 0.25) is 0 Å². The summed E-state index contributed by atoms with van der Waals surface area (Å²) in [5, 5.41) is 9.42. The SMILES string of the molecule is Cc1c(NS(C)=O)cccc1N(Cc1ccc(Oc2cccc(OCCc3cccnc3)c2)cc1)Cc1cccc(C#N)c1. The van der Waals surface area contributed by atoms with Crippen molar-refractivity contribution in [1.29, 1.82) is 5.26 Å². The number of pyridine rings is 1. The van der Waals surface area contributed by atoms with Crippen LogP contribution in [0.1, 0.15) is 27.8 Å². The van der Waals surface area contributed by atoms with Crippen molar-refractivity contribution >= 4 is 22.4 Å². The minimum atomic E-state index is -1.19. The molecule has 222 valence electrons. The maximum atomic E-state index is 11.9. The Bertz CT molecular complexity index is 1750. The monoisotopic (exact) mass is 602 g/mol. The number of nitrogens with one attached hydrogen (secondary N) is 1. The molecule has 5 aromatic rings. The Morgan fingerprint density at radius 3 is 2.36 bits per heavy atom. The number of aromatic nitrogens is 1. The molecule has 0 amide bonds. The molecule has 0 aliphatic rings. The van der Waals surface area contributed by atoms with Gasteiger partial charge in [-0.1, -0.05) is 42.5 Å². The Kier molecular flexibility index (Phi) is 10.2. The third-order valence-electron chi connectivity index (χ3n) is 7.05. The summed E-state index contributed by atoms with van der Waals surface area (Å²) in [7, 11) is -1.19. The molecule has 0 saturated carbocycles. The predicted molar refractivity (Wildman–Crippen MR) is 176 cm³/mol. The minimum absolute atomic E-state index is 0.551. The van der Waals surface area contributed by atoms with Crippen LogP contribution in [0.5, 0.6) is 17.2 Å². The lowest BCUT2D eigenvalue weighted by atomic mass is 10.1. The molecule has 0 saturated heterocycles. The number of anilines is 2. The number of rotatable bonds is 13. The highest BCUT2D eigenvalue weighted by Gasteiger charge is 2.15. The molecule has 1 atom stereocenters. The van der Waals surface area contributed by atoms with Gasteiger partial charge in [-0.25, -0.2) is 4.21 Å². The summed E-state index contributed by atoms with van der Waals surface area (Å²) in [6.45, 7) is 3.80. The summed E-state index contributed by atoms with van der Waals surface area (Å²) in [5.74, 6) is 2.17. The maximum absolute atomic E-state index is 11.9. The van der Waals surface area contributed by atoms with Crippen LogP contribution in [-0.4, -0.2) is 22.1 Å². The van der Waals surface area contributed by atoms with Gasteiger partial charge in [-0.2, -0.15) is 5.26 Å². The third kappa shape index (κ3) is 8.46. The zero-order valence-electron chi connectivity index (χ0n) is 24.8. The van der Waals surface area contributed by atoms with Crippen molar-refractivity contribution in [2.75, 3.05) is 22.5 Å². The van der Waals surface area contributed by atoms with Crippen LogP contribution in [0.4, 0.5) is 11.4 Å². The van der Waals surface area contributed by atoms with E-state index in [1.54, 1.807) is 12.5 Å². The summed E-state index contributed by atoms with van der Waals surface area (Å²) < 4.78 is 27.1. The lowest BCUT2D eigenvalue weighted by molar-refractivity contribution is 0.320. The smallest absolute Gasteiger partial charge is 0.131 e. The van der Waals surface area contributed by atoms with Gasteiger partial charge in [0.1, 0.15) is 28.2 Å². The molecule has 0 fully saturated rings. The number of hydrogen-bond acceptors (Lipinski definition) is 6. The number of hydrogen-bond donors (Lipinski definition) is 1. The average Bonchev–Trinajstić information content (AvgIpc) is 3.03. The van der Waals surface area contributed by atoms with E-state index in [-0.39, 0.29) is 0 Å². The summed E-state index contributed by atoms with van der Waals surface area (Å²) in [4.78, 5) is 6.41. The Morgan fingerprint density at radius 1 is 0.841 bits per heavy atom. The lowest BCUT2D eigenvalue weighted by Crippen LogP contribution is -2.23. The zero-order valence-corrected chi connectivity index (χ0v) is 25.6. The maximum Gasteiger partial charge on any atom is 0.131 e. The van der Waals surface area contributed by atoms with Crippen LogP contribution in [0.3, 0.4) is 0 Å². The molecule has 44 heavy (non-hydrogen) atoms. The summed E-state index contributed by atoms with van der Waals surface area (Å²) in [6.07, 6.45) is 6.01. The van der Waals surface area contributed by atoms with Crippen LogP contribution < -0.4 is 19.1 Å². The van der Waals surface area contributed by atoms with Gasteiger partial charge in [0.05, 0.1) is 23.9 Å². The van der Waals surface area contributed by atoms with Gasteiger partial charge in [0.25, 0.3) is 0 Å². The summed E-state index contributed by atoms with van der Waals surface area (Å²) in [6, 6.07) is 35.5. The normalized spacial score (nSPS) is 11.3. The molecule has 1 N–H and O–H groups in total. The van der Waals surface area contributed by atoms with E-state index in [1.807, 2.05) is 98.0 Å². The molecule has 4 aromatic carbocycles. The first kappa shape index (κ1) is 30.3. The molecule has 0 aliphatic carbocycles. The van der Waals surface area contributed by atoms with Crippen molar-refractivity contribution in [3.8, 4) is 23.3 Å². The van der Waals surface area contributed by atoms with Crippen LogP contribution in [-0.2, 0) is 30.5 Å². The number of benzene rings is 4. The highest BCUT2D eigenvalue weighted by Crippen LogP contribution is 2.31. The zero-order chi connectivity index (χ0) is 30.7. The molecule has 1 aromatic heterocycles. The molecular formula is C36H34N4O3S. The van der Waals surface area contributed by atoms with Gasteiger partial charge in [0.15, 0.2) is 0 Å². The molecule has 0 bridgehead atoms. The fourth-order valence-electron chi connectivity index (χ4n) is 4.90. The highest BCUT2D eigenvalue weighted by atomic mass is 32.2. The average molecular weight is 603 g/mol. The molecule has 0 spiro atoms. The Hall–Kier alpha value is -5.13. The van der Waals surface area contributed by atoms with Crippen LogP contribution in [0.25, 0.3) is 0 Å². The van der Waals surface area contributed by atoms with E-state index in [0.29, 0.717) is 31.0 Å². The van der Waals surface area contributed by atoms with Crippen LogP contribution in [0.15, 0.2) is 116 Å². The fraction of sp³-hybridized carbons (Fsp3) is 0.167. The second-order valence-corrected chi connectivity index (χ2v) is 11.5. The topological polar surface area (TPSA) is 87.5 Å². The van der Waals surface area contributed by atoms with E-state index < -0.39 is 11.0 Å². The molecule has 8 heteroatoms. The molecule has 0 radical (unpaired) electrons. The van der Waals surface area contributed by atoms with Gasteiger partial charge >= 0.3 is 0 Å². The van der Waals surface area contributed by atoms with Crippen molar-refractivity contribution in [3.63, 3.8) is 0 Å². The number of ether oxygens (including phenoxy) is 2. The van der Waals surface area contributed by atoms with Gasteiger partial charge in [0, 0.05) is 49.9 Å². The molecule has 5 rings (SSSR count). The summed E-state index contributed by atoms with van der Waals surface area (Å²) >= 11 is 0. The van der Waals surface area contributed by atoms with Crippen molar-refractivity contribution < 1.29 is 13.7 Å². The summed E-state index contributed by atoms with van der Waals surface area (Å²) in [5.41, 5.74) is 6.73. The van der Waals surface area contributed by atoms with Crippen LogP contribution in [0, 0.1) is 18.3 Å². The van der Waals surface area contributed by atoms with Gasteiger partial charge in [-0.15, -0.1) is 0 Å². The van der Waals surface area contributed by atoms with E-state index in [4.69, 9.17) is 9.47 Å². The number of nitrogens with zero attached hydrogens (tertiary/aromatic N) is 3. The molecule has 1 unspecified atom stereocenters. The second-order valence-electron chi connectivity index (χ2n) is 10.4. The van der Waals surface area contributed by atoms with Gasteiger partial charge in [-0.3, -0.25) is 4.98 Å². The standard InChI is InChI=1S/C36H34N4O3S/c1-27-35(39-44(2)41)12-5-13-36(27)40(26-31-8-3-7-30(21-31)23-37)25-29-14-16-32(17-15-29)43-34-11-4-10-33(22-34)42-20-18-28-9-6-19-38-24-28/h3-17,19,21-22,24,39H,18,20,25-26H2,1-2H3. The third-order valence-corrected chi connectivity index (χ3v) is 7.56. The van der Waals surface area contributed by atoms with Crippen LogP contribution >= 0.6 is 0 Å². The van der Waals surface area contributed by atoms with E-state index in [9.17, 15) is 9.47 Å². The van der Waals surface area contributed by atoms with E-state index >= 15 is 0 Å². The van der Waals surface area contributed by atoms with Crippen molar-refractivity contribution in [1.82, 2.24) is 4.98 Å². The lowest BCUT2D eigenvalue weighted by Gasteiger charge is -2.28. The molecule has 0 aliphatic heterocycles. The van der Waals surface area contributed by atoms with E-state index in [0.717, 1.165) is 51.5 Å². The highest BCUT2D eigenvalue weighted by molar-refractivity contribution is 7.85. The Balaban J connectivity index is 1.29. The molecular weight excluding hydrogens is 568 g/mol. The second kappa shape index (κ2) is 14.9. The van der Waals surface area contributed by atoms with Crippen molar-refractivity contribution in [3.05, 3.63) is 143 Å². The van der Waals surface area contributed by atoms with E-state index in [1.165, 1.54) is 0 Å². The number of nitriles is 1. The van der Waals surface area contributed by atoms with Gasteiger partial charge < -0.3 is 19.1 Å².